The molecule has 0 spiro atoms. The number of rotatable bonds is 6. The molecule has 6 heteroatoms. The molecule has 0 aliphatic rings. The summed E-state index contributed by atoms with van der Waals surface area (Å²) in [6.45, 7) is 7.12. The summed E-state index contributed by atoms with van der Waals surface area (Å²) in [5.41, 5.74) is 4.38. The average molecular weight is 443 g/mol. The fourth-order valence-corrected chi connectivity index (χ4v) is 3.40. The van der Waals surface area contributed by atoms with E-state index in [2.05, 4.69) is 60.3 Å². The average Bonchev–Trinajstić information content (AvgIpc) is 3.17. The Hall–Kier alpha value is -3.51. The first-order valence-corrected chi connectivity index (χ1v) is 10.9. The van der Waals surface area contributed by atoms with Crippen LogP contribution < -0.4 is 4.74 Å². The van der Waals surface area contributed by atoms with Crippen molar-refractivity contribution < 1.29 is 4.74 Å². The Balaban J connectivity index is 1.48. The minimum absolute atomic E-state index is 0.0956. The topological polar surface area (TPSA) is 55.2 Å². The van der Waals surface area contributed by atoms with E-state index >= 15 is 0 Å². The highest BCUT2D eigenvalue weighted by Gasteiger charge is 2.14. The normalized spacial score (nSPS) is 11.7. The van der Waals surface area contributed by atoms with Gasteiger partial charge in [0.2, 0.25) is 4.77 Å². The van der Waals surface area contributed by atoms with Crippen LogP contribution in [0.4, 0.5) is 0 Å². The summed E-state index contributed by atoms with van der Waals surface area (Å²) < 4.78 is 7.93. The van der Waals surface area contributed by atoms with E-state index in [1.165, 1.54) is 5.56 Å². The molecule has 0 unspecified atom stereocenters. The molecule has 1 aromatic heterocycles. The highest BCUT2D eigenvalue weighted by atomic mass is 32.1. The number of aromatic amines is 1. The second kappa shape index (κ2) is 9.32. The van der Waals surface area contributed by atoms with Gasteiger partial charge in [-0.1, -0.05) is 75.4 Å². The third-order valence-electron chi connectivity index (χ3n) is 5.11. The predicted octanol–water partition coefficient (Wildman–Crippen LogP) is 6.37. The summed E-state index contributed by atoms with van der Waals surface area (Å²) in [6, 6.07) is 26.2. The monoisotopic (exact) mass is 442 g/mol. The third-order valence-corrected chi connectivity index (χ3v) is 5.37. The summed E-state index contributed by atoms with van der Waals surface area (Å²) in [7, 11) is 0. The molecule has 0 atom stereocenters. The lowest BCUT2D eigenvalue weighted by Crippen LogP contribution is -2.10. The number of hydrogen-bond donors (Lipinski definition) is 1. The summed E-state index contributed by atoms with van der Waals surface area (Å²) in [4.78, 5) is 0. The van der Waals surface area contributed by atoms with Crippen molar-refractivity contribution in [3.8, 4) is 17.1 Å². The fraction of sp³-hybridized carbons (Fsp3) is 0.192. The largest absolute Gasteiger partial charge is 0.489 e. The van der Waals surface area contributed by atoms with Crippen molar-refractivity contribution >= 4 is 18.4 Å². The van der Waals surface area contributed by atoms with E-state index in [4.69, 9.17) is 17.0 Å². The number of nitrogens with one attached hydrogen (secondary N) is 1. The molecule has 32 heavy (non-hydrogen) atoms. The maximum atomic E-state index is 5.85. The van der Waals surface area contributed by atoms with Crippen LogP contribution in [0.5, 0.6) is 5.75 Å². The molecule has 0 fully saturated rings. The van der Waals surface area contributed by atoms with Crippen molar-refractivity contribution in [1.82, 2.24) is 14.9 Å². The van der Waals surface area contributed by atoms with Crippen LogP contribution in [0.2, 0.25) is 0 Å². The van der Waals surface area contributed by atoms with Crippen LogP contribution >= 0.6 is 12.2 Å². The van der Waals surface area contributed by atoms with E-state index in [1.54, 1.807) is 10.9 Å². The summed E-state index contributed by atoms with van der Waals surface area (Å²) >= 11 is 5.39. The van der Waals surface area contributed by atoms with E-state index in [0.29, 0.717) is 17.2 Å². The fourth-order valence-electron chi connectivity index (χ4n) is 3.22. The predicted molar refractivity (Wildman–Crippen MR) is 132 cm³/mol. The molecule has 0 bridgehead atoms. The number of nitrogens with zero attached hydrogens (tertiary/aromatic N) is 3. The molecule has 0 saturated heterocycles. The molecule has 0 aliphatic heterocycles. The van der Waals surface area contributed by atoms with Gasteiger partial charge in [0.15, 0.2) is 5.82 Å². The van der Waals surface area contributed by atoms with Crippen molar-refractivity contribution in [3.63, 3.8) is 0 Å². The minimum Gasteiger partial charge on any atom is -0.489 e. The molecule has 5 nitrogen and oxygen atoms in total. The first-order valence-electron chi connectivity index (χ1n) is 10.5. The first kappa shape index (κ1) is 21.7. The number of hydrogen-bond acceptors (Lipinski definition) is 4. The summed E-state index contributed by atoms with van der Waals surface area (Å²) in [5, 5.41) is 11.8. The van der Waals surface area contributed by atoms with Crippen molar-refractivity contribution in [2.45, 2.75) is 32.8 Å². The van der Waals surface area contributed by atoms with Crippen LogP contribution in [-0.2, 0) is 12.0 Å². The lowest BCUT2D eigenvalue weighted by Gasteiger charge is -2.18. The zero-order valence-electron chi connectivity index (χ0n) is 18.4. The van der Waals surface area contributed by atoms with Crippen LogP contribution in [0, 0.1) is 4.77 Å². The lowest BCUT2D eigenvalue weighted by atomic mass is 9.87. The first-order chi connectivity index (χ1) is 15.4. The zero-order chi connectivity index (χ0) is 22.6. The molecule has 0 radical (unpaired) electrons. The van der Waals surface area contributed by atoms with Crippen LogP contribution in [0.15, 0.2) is 84.0 Å². The minimum atomic E-state index is 0.0956. The standard InChI is InChI=1S/C26H26N4OS/c1-26(2,3)22-13-11-21(12-14-22)24-28-29-25(32)30(24)27-17-19-9-15-23(16-10-19)31-18-20-7-5-4-6-8-20/h4-17H,18H2,1-3H3,(H,29,32)/b27-17-. The molecule has 4 rings (SSSR count). The van der Waals surface area contributed by atoms with Gasteiger partial charge in [-0.3, -0.25) is 0 Å². The van der Waals surface area contributed by atoms with Gasteiger partial charge in [-0.15, -0.1) is 0 Å². The molecule has 0 amide bonds. The molecule has 1 N–H and O–H groups in total. The van der Waals surface area contributed by atoms with Gasteiger partial charge in [0.25, 0.3) is 0 Å². The van der Waals surface area contributed by atoms with Gasteiger partial charge >= 0.3 is 0 Å². The molecule has 0 saturated carbocycles. The Kier molecular flexibility index (Phi) is 6.32. The molecule has 0 aliphatic carbocycles. The molecule has 162 valence electrons. The maximum absolute atomic E-state index is 5.85. The quantitative estimate of drug-likeness (QED) is 0.279. The highest BCUT2D eigenvalue weighted by Crippen LogP contribution is 2.25. The highest BCUT2D eigenvalue weighted by molar-refractivity contribution is 7.71. The van der Waals surface area contributed by atoms with Crippen LogP contribution in [0.3, 0.4) is 0 Å². The summed E-state index contributed by atoms with van der Waals surface area (Å²) in [6.07, 6.45) is 1.76. The maximum Gasteiger partial charge on any atom is 0.216 e. The van der Waals surface area contributed by atoms with Gasteiger partial charge in [0, 0.05) is 5.56 Å². The van der Waals surface area contributed by atoms with Crippen molar-refractivity contribution in [2.24, 2.45) is 5.10 Å². The molecular formula is C26H26N4OS. The van der Waals surface area contributed by atoms with E-state index in [1.807, 2.05) is 54.6 Å². The van der Waals surface area contributed by atoms with E-state index in [-0.39, 0.29) is 5.41 Å². The van der Waals surface area contributed by atoms with E-state index in [9.17, 15) is 0 Å². The Morgan fingerprint density at radius 2 is 1.66 bits per heavy atom. The van der Waals surface area contributed by atoms with Gasteiger partial charge in [0.05, 0.1) is 6.21 Å². The number of aromatic nitrogens is 3. The molecule has 4 aromatic rings. The molecule has 3 aromatic carbocycles. The van der Waals surface area contributed by atoms with Crippen molar-refractivity contribution in [2.75, 3.05) is 0 Å². The van der Waals surface area contributed by atoms with Crippen LogP contribution in [0.1, 0.15) is 37.5 Å². The van der Waals surface area contributed by atoms with Gasteiger partial charge in [-0.05, 0) is 58.6 Å². The SMILES string of the molecule is CC(C)(C)c1ccc(-c2n[nH]c(=S)n2/N=C\c2ccc(OCc3ccccc3)cc2)cc1. The molecular weight excluding hydrogens is 416 g/mol. The number of benzene rings is 3. The Morgan fingerprint density at radius 1 is 0.969 bits per heavy atom. The van der Waals surface area contributed by atoms with Gasteiger partial charge in [0.1, 0.15) is 12.4 Å². The molecule has 1 heterocycles. The van der Waals surface area contributed by atoms with Gasteiger partial charge in [-0.25, -0.2) is 5.10 Å². The Labute approximate surface area is 193 Å². The van der Waals surface area contributed by atoms with E-state index < -0.39 is 0 Å². The smallest absolute Gasteiger partial charge is 0.216 e. The number of H-pyrrole nitrogens is 1. The second-order valence-corrected chi connectivity index (χ2v) is 8.97. The third kappa shape index (κ3) is 5.21. The second-order valence-electron chi connectivity index (χ2n) is 8.58. The van der Waals surface area contributed by atoms with Crippen molar-refractivity contribution in [1.29, 1.82) is 0 Å². The lowest BCUT2D eigenvalue weighted by molar-refractivity contribution is 0.306. The zero-order valence-corrected chi connectivity index (χ0v) is 19.3. The summed E-state index contributed by atoms with van der Waals surface area (Å²) in [5.74, 6) is 1.49. The van der Waals surface area contributed by atoms with Gasteiger partial charge in [-0.2, -0.15) is 14.9 Å². The number of ether oxygens (including phenoxy) is 1. The van der Waals surface area contributed by atoms with Crippen LogP contribution in [0.25, 0.3) is 11.4 Å². The van der Waals surface area contributed by atoms with Crippen LogP contribution in [-0.4, -0.2) is 21.1 Å². The van der Waals surface area contributed by atoms with E-state index in [0.717, 1.165) is 22.4 Å². The van der Waals surface area contributed by atoms with Crippen molar-refractivity contribution in [3.05, 3.63) is 100 Å². The Morgan fingerprint density at radius 3 is 2.31 bits per heavy atom. The van der Waals surface area contributed by atoms with Gasteiger partial charge < -0.3 is 4.74 Å². The Bertz CT molecular complexity index is 1250.